The Morgan fingerprint density at radius 1 is 1.28 bits per heavy atom. The fraction of sp³-hybridized carbons (Fsp3) is 0.357. The fourth-order valence-corrected chi connectivity index (χ4v) is 2.94. The largest absolute Gasteiger partial charge is 0.342 e. The summed E-state index contributed by atoms with van der Waals surface area (Å²) in [7, 11) is 0. The van der Waals surface area contributed by atoms with Crippen LogP contribution in [0.4, 0.5) is 0 Å². The SMILES string of the molecule is Brc1ccccc1-c1cnc(C2CCCNC2)[nH]1. The average molecular weight is 306 g/mol. The molecule has 2 aromatic rings. The second-order valence-corrected chi connectivity index (χ2v) is 5.56. The third-order valence-corrected chi connectivity index (χ3v) is 4.13. The van der Waals surface area contributed by atoms with Crippen LogP contribution in [-0.2, 0) is 0 Å². The van der Waals surface area contributed by atoms with Gasteiger partial charge in [-0.15, -0.1) is 0 Å². The number of hydrogen-bond acceptors (Lipinski definition) is 2. The third kappa shape index (κ3) is 2.35. The molecule has 4 heteroatoms. The summed E-state index contributed by atoms with van der Waals surface area (Å²) < 4.78 is 1.10. The molecule has 1 unspecified atom stereocenters. The first-order valence-electron chi connectivity index (χ1n) is 6.35. The van der Waals surface area contributed by atoms with Crippen molar-refractivity contribution in [2.75, 3.05) is 13.1 Å². The van der Waals surface area contributed by atoms with Gasteiger partial charge in [-0.05, 0) is 25.5 Å². The molecule has 0 aliphatic carbocycles. The molecule has 94 valence electrons. The Morgan fingerprint density at radius 2 is 2.17 bits per heavy atom. The summed E-state index contributed by atoms with van der Waals surface area (Å²) >= 11 is 3.58. The smallest absolute Gasteiger partial charge is 0.110 e. The Morgan fingerprint density at radius 3 is 2.94 bits per heavy atom. The van der Waals surface area contributed by atoms with Gasteiger partial charge in [0.2, 0.25) is 0 Å². The van der Waals surface area contributed by atoms with Gasteiger partial charge in [0, 0.05) is 22.5 Å². The lowest BCUT2D eigenvalue weighted by Gasteiger charge is -2.20. The van der Waals surface area contributed by atoms with E-state index in [4.69, 9.17) is 0 Å². The van der Waals surface area contributed by atoms with Crippen molar-refractivity contribution in [3.05, 3.63) is 40.8 Å². The molecular formula is C14H16BrN3. The van der Waals surface area contributed by atoms with Crippen molar-refractivity contribution in [3.8, 4) is 11.3 Å². The lowest BCUT2D eigenvalue weighted by atomic mass is 9.99. The molecule has 3 rings (SSSR count). The number of halogens is 1. The molecule has 0 spiro atoms. The Kier molecular flexibility index (Phi) is 3.48. The number of benzene rings is 1. The normalized spacial score (nSPS) is 19.9. The van der Waals surface area contributed by atoms with Crippen molar-refractivity contribution in [2.45, 2.75) is 18.8 Å². The number of aromatic nitrogens is 2. The Balaban J connectivity index is 1.87. The predicted molar refractivity (Wildman–Crippen MR) is 76.6 cm³/mol. The zero-order valence-corrected chi connectivity index (χ0v) is 11.7. The zero-order valence-electron chi connectivity index (χ0n) is 10.1. The summed E-state index contributed by atoms with van der Waals surface area (Å²) in [4.78, 5) is 8.00. The average Bonchev–Trinajstić information content (AvgIpc) is 2.90. The first kappa shape index (κ1) is 11.9. The molecule has 0 saturated carbocycles. The summed E-state index contributed by atoms with van der Waals surface area (Å²) in [6.45, 7) is 2.16. The molecule has 1 aromatic heterocycles. The number of imidazole rings is 1. The maximum absolute atomic E-state index is 4.54. The van der Waals surface area contributed by atoms with Crippen LogP contribution >= 0.6 is 15.9 Å². The highest BCUT2D eigenvalue weighted by atomic mass is 79.9. The van der Waals surface area contributed by atoms with E-state index in [1.165, 1.54) is 18.4 Å². The van der Waals surface area contributed by atoms with Crippen LogP contribution in [0.2, 0.25) is 0 Å². The number of H-pyrrole nitrogens is 1. The molecule has 1 fully saturated rings. The molecule has 1 aliphatic rings. The number of piperidine rings is 1. The van der Waals surface area contributed by atoms with E-state index < -0.39 is 0 Å². The van der Waals surface area contributed by atoms with Gasteiger partial charge in [0.15, 0.2) is 0 Å². The summed E-state index contributed by atoms with van der Waals surface area (Å²) in [5.41, 5.74) is 2.25. The van der Waals surface area contributed by atoms with Crippen molar-refractivity contribution < 1.29 is 0 Å². The topological polar surface area (TPSA) is 40.7 Å². The Labute approximate surface area is 115 Å². The van der Waals surface area contributed by atoms with Gasteiger partial charge in [-0.3, -0.25) is 0 Å². The van der Waals surface area contributed by atoms with E-state index in [0.717, 1.165) is 29.1 Å². The van der Waals surface area contributed by atoms with Crippen molar-refractivity contribution in [1.29, 1.82) is 0 Å². The molecule has 1 saturated heterocycles. The van der Waals surface area contributed by atoms with E-state index in [9.17, 15) is 0 Å². The molecule has 3 nitrogen and oxygen atoms in total. The molecule has 18 heavy (non-hydrogen) atoms. The van der Waals surface area contributed by atoms with E-state index in [1.54, 1.807) is 0 Å². The van der Waals surface area contributed by atoms with Gasteiger partial charge >= 0.3 is 0 Å². The number of aromatic amines is 1. The highest BCUT2D eigenvalue weighted by molar-refractivity contribution is 9.10. The maximum Gasteiger partial charge on any atom is 0.110 e. The Hall–Kier alpha value is -1.13. The first-order valence-corrected chi connectivity index (χ1v) is 7.14. The molecule has 0 amide bonds. The van der Waals surface area contributed by atoms with Crippen LogP contribution in [0, 0.1) is 0 Å². The number of nitrogens with one attached hydrogen (secondary N) is 2. The molecule has 0 radical (unpaired) electrons. The Bertz CT molecular complexity index is 529. The van der Waals surface area contributed by atoms with Gasteiger partial charge < -0.3 is 10.3 Å². The minimum atomic E-state index is 0.523. The van der Waals surface area contributed by atoms with Crippen LogP contribution in [0.5, 0.6) is 0 Å². The molecule has 0 bridgehead atoms. The van der Waals surface area contributed by atoms with Crippen LogP contribution in [0.1, 0.15) is 24.6 Å². The highest BCUT2D eigenvalue weighted by Gasteiger charge is 2.18. The van der Waals surface area contributed by atoms with Crippen LogP contribution in [0.15, 0.2) is 34.9 Å². The number of hydrogen-bond donors (Lipinski definition) is 2. The molecule has 1 atom stereocenters. The van der Waals surface area contributed by atoms with Gasteiger partial charge in [0.05, 0.1) is 11.9 Å². The maximum atomic E-state index is 4.54. The lowest BCUT2D eigenvalue weighted by Crippen LogP contribution is -2.28. The van der Waals surface area contributed by atoms with Crippen LogP contribution in [0.3, 0.4) is 0 Å². The molecular weight excluding hydrogens is 290 g/mol. The monoisotopic (exact) mass is 305 g/mol. The number of rotatable bonds is 2. The van der Waals surface area contributed by atoms with Crippen LogP contribution < -0.4 is 5.32 Å². The summed E-state index contributed by atoms with van der Waals surface area (Å²) in [5, 5.41) is 3.42. The third-order valence-electron chi connectivity index (χ3n) is 3.44. The van der Waals surface area contributed by atoms with Crippen molar-refractivity contribution >= 4 is 15.9 Å². The fourth-order valence-electron chi connectivity index (χ4n) is 2.45. The van der Waals surface area contributed by atoms with Gasteiger partial charge in [-0.2, -0.15) is 0 Å². The van der Waals surface area contributed by atoms with E-state index in [0.29, 0.717) is 5.92 Å². The molecule has 1 aliphatic heterocycles. The summed E-state index contributed by atoms with van der Waals surface area (Å²) in [6.07, 6.45) is 4.38. The lowest BCUT2D eigenvalue weighted by molar-refractivity contribution is 0.449. The number of nitrogens with zero attached hydrogens (tertiary/aromatic N) is 1. The van der Waals surface area contributed by atoms with Gasteiger partial charge in [0.1, 0.15) is 5.82 Å². The minimum absolute atomic E-state index is 0.523. The standard InChI is InChI=1S/C14H16BrN3/c15-12-6-2-1-5-11(12)13-9-17-14(18-13)10-4-3-7-16-8-10/h1-2,5-6,9-10,16H,3-4,7-8H2,(H,17,18). The zero-order chi connectivity index (χ0) is 12.4. The second kappa shape index (κ2) is 5.24. The summed E-state index contributed by atoms with van der Waals surface area (Å²) in [5.74, 6) is 1.63. The van der Waals surface area contributed by atoms with Crippen LogP contribution in [-0.4, -0.2) is 23.1 Å². The van der Waals surface area contributed by atoms with E-state index in [-0.39, 0.29) is 0 Å². The van der Waals surface area contributed by atoms with Gasteiger partial charge in [-0.1, -0.05) is 34.1 Å². The van der Waals surface area contributed by atoms with Crippen molar-refractivity contribution in [2.24, 2.45) is 0 Å². The summed E-state index contributed by atoms with van der Waals surface area (Å²) in [6, 6.07) is 8.22. The van der Waals surface area contributed by atoms with Gasteiger partial charge in [-0.25, -0.2) is 4.98 Å². The first-order chi connectivity index (χ1) is 8.84. The van der Waals surface area contributed by atoms with Crippen molar-refractivity contribution in [3.63, 3.8) is 0 Å². The molecule has 2 heterocycles. The minimum Gasteiger partial charge on any atom is -0.342 e. The van der Waals surface area contributed by atoms with E-state index in [2.05, 4.69) is 43.3 Å². The molecule has 1 aromatic carbocycles. The predicted octanol–water partition coefficient (Wildman–Crippen LogP) is 3.31. The van der Waals surface area contributed by atoms with E-state index >= 15 is 0 Å². The quantitative estimate of drug-likeness (QED) is 0.894. The molecule has 2 N–H and O–H groups in total. The van der Waals surface area contributed by atoms with E-state index in [1.807, 2.05) is 18.3 Å². The van der Waals surface area contributed by atoms with Crippen molar-refractivity contribution in [1.82, 2.24) is 15.3 Å². The van der Waals surface area contributed by atoms with Crippen LogP contribution in [0.25, 0.3) is 11.3 Å². The van der Waals surface area contributed by atoms with Gasteiger partial charge in [0.25, 0.3) is 0 Å². The second-order valence-electron chi connectivity index (χ2n) is 4.71. The highest BCUT2D eigenvalue weighted by Crippen LogP contribution is 2.28.